The molecule has 0 atom stereocenters. The molecule has 0 bridgehead atoms. The van der Waals surface area contributed by atoms with E-state index in [9.17, 15) is 47.8 Å². The Kier molecular flexibility index (Phi) is 15.5. The molecule has 0 radical (unpaired) electrons. The Morgan fingerprint density at radius 3 is 1.85 bits per heavy atom. The molecule has 0 spiro atoms. The smallest absolute Gasteiger partial charge is 0.389 e. The summed E-state index contributed by atoms with van der Waals surface area (Å²) in [6.45, 7) is 1.45. The Morgan fingerprint density at radius 2 is 1.29 bits per heavy atom. The number of unbranched alkanes of at least 4 members (excludes halogenated alkanes) is 3. The number of hydrogen-bond donors (Lipinski definition) is 0. The molecule has 3 rings (SSSR count). The van der Waals surface area contributed by atoms with Crippen LogP contribution in [0.2, 0.25) is 0 Å². The van der Waals surface area contributed by atoms with E-state index in [-0.39, 0.29) is 49.7 Å². The third kappa shape index (κ3) is 13.7. The van der Waals surface area contributed by atoms with Crippen LogP contribution in [-0.4, -0.2) is 60.4 Å². The molecule has 0 aromatic heterocycles. The molecule has 3 aromatic carbocycles. The van der Waals surface area contributed by atoms with Crippen LogP contribution in [0.5, 0.6) is 17.2 Å². The van der Waals surface area contributed by atoms with Gasteiger partial charge < -0.3 is 23.7 Å². The summed E-state index contributed by atoms with van der Waals surface area (Å²) in [4.78, 5) is 57.9. The third-order valence-corrected chi connectivity index (χ3v) is 6.95. The number of esters is 3. The van der Waals surface area contributed by atoms with Gasteiger partial charge in [0.1, 0.15) is 11.5 Å². The minimum Gasteiger partial charge on any atom is -0.494 e. The Hall–Kier alpha value is -6.00. The fraction of sp³-hybridized carbons (Fsp3) is 0.343. The zero-order chi connectivity index (χ0) is 38.1. The van der Waals surface area contributed by atoms with Crippen LogP contribution in [0.3, 0.4) is 0 Å². The van der Waals surface area contributed by atoms with Crippen LogP contribution in [0.4, 0.5) is 24.5 Å². The van der Waals surface area contributed by atoms with E-state index >= 15 is 0 Å². The maximum Gasteiger partial charge on any atom is 0.389 e. The fourth-order valence-electron chi connectivity index (χ4n) is 4.43. The van der Waals surface area contributed by atoms with Crippen molar-refractivity contribution in [1.29, 1.82) is 0 Å². The van der Waals surface area contributed by atoms with Crippen molar-refractivity contribution in [2.75, 3.05) is 26.4 Å². The molecule has 14 nitrogen and oxygen atoms in total. The lowest BCUT2D eigenvalue weighted by Crippen LogP contribution is -2.10. The molecule has 0 heterocycles. The number of halogens is 3. The van der Waals surface area contributed by atoms with Gasteiger partial charge in [0.05, 0.1) is 47.4 Å². The lowest BCUT2D eigenvalue weighted by atomic mass is 10.1. The monoisotopic (exact) mass is 732 g/mol. The highest BCUT2D eigenvalue weighted by Crippen LogP contribution is 2.38. The summed E-state index contributed by atoms with van der Waals surface area (Å²) >= 11 is 0. The lowest BCUT2D eigenvalue weighted by molar-refractivity contribution is -0.396. The molecule has 0 aliphatic carbocycles. The zero-order valence-corrected chi connectivity index (χ0v) is 27.9. The first kappa shape index (κ1) is 40.4. The molecule has 0 saturated heterocycles. The van der Waals surface area contributed by atoms with Crippen LogP contribution in [-0.2, 0) is 14.3 Å². The van der Waals surface area contributed by atoms with Gasteiger partial charge in [-0.25, -0.2) is 14.4 Å². The summed E-state index contributed by atoms with van der Waals surface area (Å²) in [5, 5.41) is 22.8. The van der Waals surface area contributed by atoms with E-state index in [2.05, 4.69) is 0 Å². The SMILES string of the molecule is CCOc1c([N+](=O)[O-])cc(C(=O)OCCCCCCOC(=O)/C=C/c2ccc(OC(=O)c3ccc(OCCCC(F)(F)F)cc3)cc2)cc1[N+](=O)[O-]. The van der Waals surface area contributed by atoms with Gasteiger partial charge in [-0.1, -0.05) is 12.1 Å². The van der Waals surface area contributed by atoms with E-state index in [4.69, 9.17) is 23.7 Å². The van der Waals surface area contributed by atoms with E-state index in [1.54, 1.807) is 12.1 Å². The molecule has 52 heavy (non-hydrogen) atoms. The quantitative estimate of drug-likeness (QED) is 0.0274. The molecule has 0 N–H and O–H groups in total. The molecule has 17 heteroatoms. The van der Waals surface area contributed by atoms with Gasteiger partial charge in [-0.2, -0.15) is 13.2 Å². The minimum absolute atomic E-state index is 0.0317. The van der Waals surface area contributed by atoms with Crippen LogP contribution in [0.25, 0.3) is 6.08 Å². The largest absolute Gasteiger partial charge is 0.494 e. The third-order valence-electron chi connectivity index (χ3n) is 6.95. The number of hydrogen-bond acceptors (Lipinski definition) is 12. The molecule has 0 aliphatic heterocycles. The first-order valence-electron chi connectivity index (χ1n) is 16.0. The van der Waals surface area contributed by atoms with Crippen LogP contribution in [0, 0.1) is 20.2 Å². The average Bonchev–Trinajstić information content (AvgIpc) is 3.10. The Balaban J connectivity index is 1.32. The van der Waals surface area contributed by atoms with Crippen LogP contribution in [0.1, 0.15) is 71.7 Å². The van der Waals surface area contributed by atoms with Crippen molar-refractivity contribution in [3.63, 3.8) is 0 Å². The van der Waals surface area contributed by atoms with E-state index in [1.807, 2.05) is 0 Å². The van der Waals surface area contributed by atoms with Gasteiger partial charge in [0.25, 0.3) is 5.75 Å². The Labute approximate surface area is 295 Å². The summed E-state index contributed by atoms with van der Waals surface area (Å²) in [6, 6.07) is 13.8. The van der Waals surface area contributed by atoms with Crippen LogP contribution < -0.4 is 14.2 Å². The molecule has 0 aliphatic rings. The van der Waals surface area contributed by atoms with Crippen molar-refractivity contribution >= 4 is 35.4 Å². The van der Waals surface area contributed by atoms with Gasteiger partial charge in [0.15, 0.2) is 0 Å². The van der Waals surface area contributed by atoms with E-state index in [1.165, 1.54) is 55.5 Å². The van der Waals surface area contributed by atoms with Gasteiger partial charge in [-0.05, 0) is 87.1 Å². The summed E-state index contributed by atoms with van der Waals surface area (Å²) < 4.78 is 62.6. The second-order valence-corrected chi connectivity index (χ2v) is 10.9. The molecular formula is C35H35F3N2O12. The topological polar surface area (TPSA) is 184 Å². The number of nitro groups is 2. The van der Waals surface area contributed by atoms with Crippen LogP contribution >= 0.6 is 0 Å². The molecular weight excluding hydrogens is 697 g/mol. The van der Waals surface area contributed by atoms with Gasteiger partial charge in [0, 0.05) is 24.6 Å². The first-order chi connectivity index (χ1) is 24.8. The number of carbonyl (C=O) groups is 3. The fourth-order valence-corrected chi connectivity index (χ4v) is 4.43. The minimum atomic E-state index is -4.24. The molecule has 0 fully saturated rings. The van der Waals surface area contributed by atoms with Gasteiger partial charge in [0.2, 0.25) is 0 Å². The van der Waals surface area contributed by atoms with Crippen molar-refractivity contribution < 1.29 is 61.1 Å². The number of alkyl halides is 3. The maximum absolute atomic E-state index is 12.4. The second-order valence-electron chi connectivity index (χ2n) is 10.9. The lowest BCUT2D eigenvalue weighted by Gasteiger charge is -2.09. The molecule has 0 amide bonds. The Morgan fingerprint density at radius 1 is 0.712 bits per heavy atom. The van der Waals surface area contributed by atoms with Crippen molar-refractivity contribution in [2.24, 2.45) is 0 Å². The Bertz CT molecular complexity index is 1690. The predicted octanol–water partition coefficient (Wildman–Crippen LogP) is 7.82. The van der Waals surface area contributed by atoms with Crippen molar-refractivity contribution in [2.45, 2.75) is 51.6 Å². The molecule has 0 unspecified atom stereocenters. The standard InChI is InChI=1S/C35H35F3N2O12/c1-2-48-32-29(39(44)45)22-26(23-30(32)40(46)47)33(42)51-20-6-4-3-5-19-50-31(41)17-10-24-8-13-28(14-9-24)52-34(43)25-11-15-27(16-12-25)49-21-7-18-35(36,37)38/h8-17,22-23H,2-7,18-21H2,1H3/b17-10+. The van der Waals surface area contributed by atoms with Crippen molar-refractivity contribution in [3.8, 4) is 17.2 Å². The van der Waals surface area contributed by atoms with Crippen molar-refractivity contribution in [1.82, 2.24) is 0 Å². The number of nitro benzene ring substituents is 2. The molecule has 278 valence electrons. The van der Waals surface area contributed by atoms with Gasteiger partial charge >= 0.3 is 35.5 Å². The molecule has 3 aromatic rings. The van der Waals surface area contributed by atoms with Gasteiger partial charge in [-0.3, -0.25) is 20.2 Å². The van der Waals surface area contributed by atoms with Gasteiger partial charge in [-0.15, -0.1) is 0 Å². The summed E-state index contributed by atoms with van der Waals surface area (Å²) in [5.41, 5.74) is -0.941. The second kappa shape index (κ2) is 20.0. The van der Waals surface area contributed by atoms with E-state index < -0.39 is 57.5 Å². The maximum atomic E-state index is 12.4. The number of rotatable bonds is 20. The normalized spacial score (nSPS) is 11.2. The summed E-state index contributed by atoms with van der Waals surface area (Å²) in [7, 11) is 0. The number of nitrogens with zero attached hydrogens (tertiary/aromatic N) is 2. The number of benzene rings is 3. The first-order valence-corrected chi connectivity index (χ1v) is 16.0. The van der Waals surface area contributed by atoms with E-state index in [0.29, 0.717) is 37.0 Å². The van der Waals surface area contributed by atoms with E-state index in [0.717, 1.165) is 12.1 Å². The highest BCUT2D eigenvalue weighted by Gasteiger charge is 2.30. The highest BCUT2D eigenvalue weighted by atomic mass is 19.4. The number of ether oxygens (including phenoxy) is 5. The van der Waals surface area contributed by atoms with Crippen LogP contribution in [0.15, 0.2) is 66.7 Å². The molecule has 0 saturated carbocycles. The highest BCUT2D eigenvalue weighted by molar-refractivity contribution is 5.92. The summed E-state index contributed by atoms with van der Waals surface area (Å²) in [6.07, 6.45) is -0.408. The zero-order valence-electron chi connectivity index (χ0n) is 27.9. The predicted molar refractivity (Wildman–Crippen MR) is 178 cm³/mol. The average molecular weight is 733 g/mol. The number of carbonyl (C=O) groups excluding carboxylic acids is 3. The summed E-state index contributed by atoms with van der Waals surface area (Å²) in [5.74, 6) is -2.15. The van der Waals surface area contributed by atoms with Crippen molar-refractivity contribution in [3.05, 3.63) is 104 Å².